The predicted octanol–water partition coefficient (Wildman–Crippen LogP) is 5.06. The van der Waals surface area contributed by atoms with Crippen molar-refractivity contribution in [3.05, 3.63) is 72.8 Å². The topological polar surface area (TPSA) is 26.3 Å². The Morgan fingerprint density at radius 2 is 1.61 bits per heavy atom. The van der Waals surface area contributed by atoms with E-state index in [4.69, 9.17) is 4.74 Å². The number of rotatable bonds is 8. The van der Waals surface area contributed by atoms with E-state index in [0.717, 1.165) is 5.75 Å². The lowest BCUT2D eigenvalue weighted by Gasteiger charge is -2.16. The van der Waals surface area contributed by atoms with Gasteiger partial charge in [0.05, 0.1) is 5.25 Å². The van der Waals surface area contributed by atoms with Crippen molar-refractivity contribution in [2.45, 2.75) is 22.0 Å². The number of ether oxygens (including phenoxy) is 1. The molecule has 0 saturated carbocycles. The quantitative estimate of drug-likeness (QED) is 0.380. The zero-order valence-electron chi connectivity index (χ0n) is 13.1. The highest BCUT2D eigenvalue weighted by Gasteiger charge is 2.15. The molecule has 0 heterocycles. The molecule has 0 amide bonds. The smallest absolute Gasteiger partial charge is 0.333 e. The number of carbonyl (C=O) groups excluding carboxylic acids is 1. The summed E-state index contributed by atoms with van der Waals surface area (Å²) in [5, 5.41) is 0.186. The summed E-state index contributed by atoms with van der Waals surface area (Å²) in [6, 6.07) is 20.4. The summed E-state index contributed by atoms with van der Waals surface area (Å²) < 4.78 is 5.35. The Kier molecular flexibility index (Phi) is 7.30. The van der Waals surface area contributed by atoms with Crippen LogP contribution >= 0.6 is 23.5 Å². The molecule has 2 aromatic carbocycles. The van der Waals surface area contributed by atoms with Crippen molar-refractivity contribution in [2.24, 2.45) is 0 Å². The number of esters is 1. The second-order valence-electron chi connectivity index (χ2n) is 5.06. The van der Waals surface area contributed by atoms with E-state index in [1.54, 1.807) is 30.4 Å². The van der Waals surface area contributed by atoms with Gasteiger partial charge in [-0.05, 0) is 31.2 Å². The molecule has 0 spiro atoms. The van der Waals surface area contributed by atoms with Crippen LogP contribution in [0, 0.1) is 0 Å². The van der Waals surface area contributed by atoms with Crippen LogP contribution in [0.2, 0.25) is 0 Å². The molecule has 120 valence electrons. The van der Waals surface area contributed by atoms with Crippen LogP contribution in [0.25, 0.3) is 0 Å². The largest absolute Gasteiger partial charge is 0.461 e. The minimum Gasteiger partial charge on any atom is -0.461 e. The summed E-state index contributed by atoms with van der Waals surface area (Å²) >= 11 is 3.51. The van der Waals surface area contributed by atoms with Crippen LogP contribution < -0.4 is 0 Å². The fourth-order valence-corrected chi connectivity index (χ4v) is 3.94. The first-order chi connectivity index (χ1) is 11.1. The van der Waals surface area contributed by atoms with Crippen molar-refractivity contribution in [3.63, 3.8) is 0 Å². The van der Waals surface area contributed by atoms with Crippen LogP contribution in [0.15, 0.2) is 82.6 Å². The van der Waals surface area contributed by atoms with Crippen LogP contribution in [0.4, 0.5) is 0 Å². The van der Waals surface area contributed by atoms with Gasteiger partial charge < -0.3 is 4.74 Å². The third-order valence-corrected chi connectivity index (χ3v) is 5.54. The van der Waals surface area contributed by atoms with Crippen molar-refractivity contribution < 1.29 is 9.53 Å². The molecule has 0 saturated heterocycles. The summed E-state index contributed by atoms with van der Waals surface area (Å²) in [6.07, 6.45) is 0. The molecule has 0 aliphatic rings. The molecule has 23 heavy (non-hydrogen) atoms. The molecule has 4 heteroatoms. The van der Waals surface area contributed by atoms with Gasteiger partial charge in [-0.15, -0.1) is 23.5 Å². The lowest BCUT2D eigenvalue weighted by Crippen LogP contribution is -2.18. The maximum atomic E-state index is 11.6. The standard InChI is InChI=1S/C19H20O2S2/c1-15(2)19(20)21-13-18(23-17-11-7-4-8-12-17)14-22-16-9-5-3-6-10-16/h3-12,18H,1,13-14H2,2H3. The highest BCUT2D eigenvalue weighted by molar-refractivity contribution is 8.03. The molecule has 2 nitrogen and oxygen atoms in total. The second kappa shape index (κ2) is 9.48. The van der Waals surface area contributed by atoms with E-state index in [-0.39, 0.29) is 11.2 Å². The van der Waals surface area contributed by atoms with Gasteiger partial charge in [0.2, 0.25) is 0 Å². The summed E-state index contributed by atoms with van der Waals surface area (Å²) in [5.41, 5.74) is 0.434. The van der Waals surface area contributed by atoms with Crippen molar-refractivity contribution in [1.82, 2.24) is 0 Å². The fraction of sp³-hybridized carbons (Fsp3) is 0.211. The van der Waals surface area contributed by atoms with Crippen molar-refractivity contribution >= 4 is 29.5 Å². The lowest BCUT2D eigenvalue weighted by molar-refractivity contribution is -0.138. The number of carbonyl (C=O) groups is 1. The molecule has 0 N–H and O–H groups in total. The van der Waals surface area contributed by atoms with Crippen LogP contribution in [0.3, 0.4) is 0 Å². The van der Waals surface area contributed by atoms with E-state index in [2.05, 4.69) is 30.8 Å². The van der Waals surface area contributed by atoms with Gasteiger partial charge in [-0.1, -0.05) is 43.0 Å². The highest BCUT2D eigenvalue weighted by Crippen LogP contribution is 2.28. The average Bonchev–Trinajstić information content (AvgIpc) is 2.58. The maximum absolute atomic E-state index is 11.6. The summed E-state index contributed by atoms with van der Waals surface area (Å²) in [5.74, 6) is 0.543. The lowest BCUT2D eigenvalue weighted by atomic mass is 10.4. The Labute approximate surface area is 146 Å². The Morgan fingerprint density at radius 3 is 2.17 bits per heavy atom. The zero-order chi connectivity index (χ0) is 16.5. The Balaban J connectivity index is 1.95. The van der Waals surface area contributed by atoms with Gasteiger partial charge in [-0.3, -0.25) is 0 Å². The van der Waals surface area contributed by atoms with Gasteiger partial charge >= 0.3 is 5.97 Å². The average molecular weight is 345 g/mol. The first kappa shape index (κ1) is 17.7. The Bertz CT molecular complexity index is 626. The minimum absolute atomic E-state index is 0.186. The number of thioether (sulfide) groups is 2. The van der Waals surface area contributed by atoms with E-state index >= 15 is 0 Å². The van der Waals surface area contributed by atoms with E-state index in [9.17, 15) is 4.79 Å². The molecular weight excluding hydrogens is 324 g/mol. The molecule has 0 aliphatic heterocycles. The predicted molar refractivity (Wildman–Crippen MR) is 99.0 cm³/mol. The van der Waals surface area contributed by atoms with Crippen molar-refractivity contribution in [3.8, 4) is 0 Å². The Morgan fingerprint density at radius 1 is 1.04 bits per heavy atom. The fourth-order valence-electron chi connectivity index (χ4n) is 1.81. The van der Waals surface area contributed by atoms with Gasteiger partial charge in [-0.25, -0.2) is 4.79 Å². The third kappa shape index (κ3) is 6.55. The third-order valence-electron chi connectivity index (χ3n) is 2.97. The van der Waals surface area contributed by atoms with E-state index in [0.29, 0.717) is 12.2 Å². The molecule has 2 rings (SSSR count). The molecule has 0 radical (unpaired) electrons. The molecule has 2 aromatic rings. The zero-order valence-corrected chi connectivity index (χ0v) is 14.7. The van der Waals surface area contributed by atoms with Gasteiger partial charge in [0.1, 0.15) is 6.61 Å². The van der Waals surface area contributed by atoms with Crippen LogP contribution in [0.1, 0.15) is 6.92 Å². The summed E-state index contributed by atoms with van der Waals surface area (Å²) in [6.45, 7) is 5.67. The minimum atomic E-state index is -0.326. The van der Waals surface area contributed by atoms with Gasteiger partial charge in [-0.2, -0.15) is 0 Å². The monoisotopic (exact) mass is 344 g/mol. The molecule has 0 aromatic heterocycles. The van der Waals surface area contributed by atoms with Crippen LogP contribution in [0.5, 0.6) is 0 Å². The normalized spacial score (nSPS) is 11.7. The SMILES string of the molecule is C=C(C)C(=O)OCC(CSc1ccccc1)Sc1ccccc1. The van der Waals surface area contributed by atoms with E-state index in [1.807, 2.05) is 36.4 Å². The number of benzene rings is 2. The number of hydrogen-bond donors (Lipinski definition) is 0. The highest BCUT2D eigenvalue weighted by atomic mass is 32.2. The molecule has 0 aliphatic carbocycles. The van der Waals surface area contributed by atoms with Crippen LogP contribution in [-0.2, 0) is 9.53 Å². The molecule has 0 fully saturated rings. The maximum Gasteiger partial charge on any atom is 0.333 e. The first-order valence-corrected chi connectivity index (χ1v) is 9.24. The van der Waals surface area contributed by atoms with Gasteiger partial charge in [0.15, 0.2) is 0 Å². The van der Waals surface area contributed by atoms with E-state index in [1.165, 1.54) is 9.79 Å². The summed E-state index contributed by atoms with van der Waals surface area (Å²) in [7, 11) is 0. The van der Waals surface area contributed by atoms with Gasteiger partial charge in [0.25, 0.3) is 0 Å². The number of hydrogen-bond acceptors (Lipinski definition) is 4. The van der Waals surface area contributed by atoms with Crippen molar-refractivity contribution in [2.75, 3.05) is 12.4 Å². The Hall–Kier alpha value is -1.65. The van der Waals surface area contributed by atoms with Gasteiger partial charge in [0, 0.05) is 21.1 Å². The van der Waals surface area contributed by atoms with E-state index < -0.39 is 0 Å². The molecular formula is C19H20O2S2. The first-order valence-electron chi connectivity index (χ1n) is 7.37. The second-order valence-corrected chi connectivity index (χ2v) is 7.52. The van der Waals surface area contributed by atoms with Crippen molar-refractivity contribution in [1.29, 1.82) is 0 Å². The van der Waals surface area contributed by atoms with Crippen LogP contribution in [-0.4, -0.2) is 23.6 Å². The molecule has 1 unspecified atom stereocenters. The molecule has 1 atom stereocenters. The molecule has 0 bridgehead atoms. The summed E-state index contributed by atoms with van der Waals surface area (Å²) in [4.78, 5) is 14.0.